The molecule has 0 fully saturated rings. The largest absolute Gasteiger partial charge is 0.333 e. The number of pyridine rings is 1. The maximum atomic E-state index is 5.89. The van der Waals surface area contributed by atoms with Crippen molar-refractivity contribution in [3.63, 3.8) is 0 Å². The fourth-order valence-electron chi connectivity index (χ4n) is 16.7. The third-order valence-electron chi connectivity index (χ3n) is 20.2. The van der Waals surface area contributed by atoms with Gasteiger partial charge in [0.15, 0.2) is 0 Å². The Morgan fingerprint density at radius 1 is 0.378 bits per heavy atom. The Bertz CT molecular complexity index is 5710. The first-order chi connectivity index (χ1) is 44.7. The van der Waals surface area contributed by atoms with Crippen molar-refractivity contribution in [1.29, 1.82) is 0 Å². The minimum Gasteiger partial charge on any atom is -0.333 e. The van der Waals surface area contributed by atoms with Crippen molar-refractivity contribution < 1.29 is 0 Å². The first-order valence-electron chi connectivity index (χ1n) is 31.7. The van der Waals surface area contributed by atoms with Gasteiger partial charge in [0.05, 0.1) is 62.1 Å². The van der Waals surface area contributed by atoms with Gasteiger partial charge in [0.25, 0.3) is 0 Å². The molecule has 5 aromatic heterocycles. The van der Waals surface area contributed by atoms with Crippen LogP contribution in [0, 0.1) is 0 Å². The lowest BCUT2D eigenvalue weighted by Crippen LogP contribution is -2.28. The average molecular weight is 1150 g/mol. The van der Waals surface area contributed by atoms with Crippen LogP contribution in [0.5, 0.6) is 0 Å². The van der Waals surface area contributed by atoms with Gasteiger partial charge in [0, 0.05) is 106 Å². The van der Waals surface area contributed by atoms with Crippen LogP contribution in [0.25, 0.3) is 117 Å². The Balaban J connectivity index is 0.846. The molecule has 0 radical (unpaired) electrons. The summed E-state index contributed by atoms with van der Waals surface area (Å²) in [5.74, 6) is 1.20. The van der Waals surface area contributed by atoms with Crippen molar-refractivity contribution in [2.45, 2.75) is 36.8 Å². The first-order valence-corrected chi connectivity index (χ1v) is 31.7. The van der Waals surface area contributed by atoms with Gasteiger partial charge < -0.3 is 23.5 Å². The molecule has 90 heavy (non-hydrogen) atoms. The Labute approximate surface area is 519 Å². The van der Waals surface area contributed by atoms with E-state index in [1.807, 2.05) is 0 Å². The lowest BCUT2D eigenvalue weighted by Gasteiger charge is -2.30. The van der Waals surface area contributed by atoms with Crippen molar-refractivity contribution in [3.05, 3.63) is 314 Å². The number of hydrogen-bond acceptors (Lipinski definition) is 3. The predicted molar refractivity (Wildman–Crippen MR) is 374 cm³/mol. The van der Waals surface area contributed by atoms with Gasteiger partial charge in [0.2, 0.25) is 0 Å². The smallest absolute Gasteiger partial charge is 0.138 e. The molecule has 0 spiro atoms. The summed E-state index contributed by atoms with van der Waals surface area (Å²) in [6.07, 6.45) is 25.2. The maximum Gasteiger partial charge on any atom is 0.138 e. The molecule has 7 heterocycles. The number of rotatable bonds is 7. The van der Waals surface area contributed by atoms with E-state index in [9.17, 15) is 0 Å². The summed E-state index contributed by atoms with van der Waals surface area (Å²) < 4.78 is 10.0. The topological polar surface area (TPSA) is 39.1 Å². The zero-order chi connectivity index (χ0) is 58.7. The Kier molecular flexibility index (Phi) is 10.5. The molecule has 3 aliphatic carbocycles. The molecule has 0 bridgehead atoms. The second-order valence-electron chi connectivity index (χ2n) is 24.8. The van der Waals surface area contributed by atoms with Crippen LogP contribution in [-0.2, 0) is 6.42 Å². The van der Waals surface area contributed by atoms with E-state index >= 15 is 0 Å². The van der Waals surface area contributed by atoms with Crippen LogP contribution in [0.1, 0.15) is 40.6 Å². The van der Waals surface area contributed by atoms with Gasteiger partial charge in [0.1, 0.15) is 5.82 Å². The molecule has 15 aromatic rings. The van der Waals surface area contributed by atoms with Crippen molar-refractivity contribution in [2.75, 3.05) is 9.80 Å². The van der Waals surface area contributed by atoms with Crippen LogP contribution >= 0.6 is 0 Å². The van der Waals surface area contributed by atoms with Crippen molar-refractivity contribution in [3.8, 4) is 34.1 Å². The van der Waals surface area contributed by atoms with E-state index in [0.717, 1.165) is 63.7 Å². The summed E-state index contributed by atoms with van der Waals surface area (Å²) in [5.41, 5.74) is 23.7. The van der Waals surface area contributed by atoms with Crippen LogP contribution < -0.4 is 9.80 Å². The number of aromatic nitrogens is 5. The monoisotopic (exact) mass is 1150 g/mol. The standard InChI is InChI=1S/C83H57N7/c1-4-23-53(24-5-1)87-68-36-16-10-29-58(68)61-43-46-74-78(81(61)87)64-32-13-19-39-71(64)85(74)56-49-52(50-57(51-56)86-72-40-20-14-33-65(72)79-75(86)47-44-62-59-30-11-17-37-69(59)88(82(62)79)54-25-6-2-7-26-54)67-35-22-42-77(84-67)90-73-41-21-15-34-66(73)80-76(90)48-45-63-60-31-12-18-38-70(60)89(83(63)80)55-27-8-3-9-28-55/h1-20,22-40,42-51,58,65,68,72H,21,41H2. The van der Waals surface area contributed by atoms with Crippen LogP contribution in [-0.4, -0.2) is 35.3 Å². The molecule has 4 atom stereocenters. The Morgan fingerprint density at radius 2 is 0.956 bits per heavy atom. The van der Waals surface area contributed by atoms with Gasteiger partial charge in [-0.05, 0) is 122 Å². The van der Waals surface area contributed by atoms with Crippen molar-refractivity contribution in [2.24, 2.45) is 0 Å². The van der Waals surface area contributed by atoms with Gasteiger partial charge in [-0.2, -0.15) is 0 Å². The normalized spacial score (nSPS) is 17.9. The van der Waals surface area contributed by atoms with Gasteiger partial charge in [-0.1, -0.05) is 194 Å². The zero-order valence-corrected chi connectivity index (χ0v) is 49.1. The van der Waals surface area contributed by atoms with E-state index in [1.54, 1.807) is 0 Å². The average Bonchev–Trinajstić information content (AvgIpc) is 1.58. The third-order valence-corrected chi connectivity index (χ3v) is 20.2. The highest BCUT2D eigenvalue weighted by molar-refractivity contribution is 6.21. The summed E-state index contributed by atoms with van der Waals surface area (Å²) in [4.78, 5) is 11.1. The fourth-order valence-corrected chi connectivity index (χ4v) is 16.7. The van der Waals surface area contributed by atoms with Crippen LogP contribution in [0.2, 0.25) is 0 Å². The lowest BCUT2D eigenvalue weighted by atomic mass is 9.90. The van der Waals surface area contributed by atoms with E-state index in [2.05, 4.69) is 325 Å². The highest BCUT2D eigenvalue weighted by Crippen LogP contribution is 2.56. The van der Waals surface area contributed by atoms with Crippen LogP contribution in [0.3, 0.4) is 0 Å². The lowest BCUT2D eigenvalue weighted by molar-refractivity contribution is 0.745. The predicted octanol–water partition coefficient (Wildman–Crippen LogP) is 20.4. The summed E-state index contributed by atoms with van der Waals surface area (Å²) in [7, 11) is 0. The molecule has 2 aliphatic heterocycles. The molecule has 4 unspecified atom stereocenters. The number of nitrogens with zero attached hydrogens (tertiary/aromatic N) is 7. The minimum atomic E-state index is -0.000307. The number of benzene rings is 10. The number of allylic oxidation sites excluding steroid dienone is 5. The zero-order valence-electron chi connectivity index (χ0n) is 49.1. The third kappa shape index (κ3) is 6.91. The molecule has 7 nitrogen and oxygen atoms in total. The van der Waals surface area contributed by atoms with Crippen molar-refractivity contribution in [1.82, 2.24) is 23.3 Å². The molecular formula is C83H57N7. The second kappa shape index (κ2) is 19.0. The van der Waals surface area contributed by atoms with Gasteiger partial charge in [-0.15, -0.1) is 0 Å². The molecule has 424 valence electrons. The van der Waals surface area contributed by atoms with E-state index in [1.165, 1.54) is 105 Å². The minimum absolute atomic E-state index is 0.000307. The molecule has 0 saturated carbocycles. The highest BCUT2D eigenvalue weighted by Gasteiger charge is 2.42. The molecule has 0 N–H and O–H groups in total. The van der Waals surface area contributed by atoms with Gasteiger partial charge in [-0.3, -0.25) is 4.57 Å². The summed E-state index contributed by atoms with van der Waals surface area (Å²) in [5, 5.41) is 8.75. The number of para-hydroxylation sites is 6. The maximum absolute atomic E-state index is 5.89. The summed E-state index contributed by atoms with van der Waals surface area (Å²) in [6.45, 7) is 0. The molecular weight excluding hydrogens is 1090 g/mol. The highest BCUT2D eigenvalue weighted by atomic mass is 15.2. The molecule has 0 saturated heterocycles. The van der Waals surface area contributed by atoms with E-state index in [0.29, 0.717) is 0 Å². The number of fused-ring (bicyclic) bond motifs is 21. The summed E-state index contributed by atoms with van der Waals surface area (Å²) in [6, 6.07) is 88.0. The van der Waals surface area contributed by atoms with Gasteiger partial charge in [-0.25, -0.2) is 4.98 Å². The van der Waals surface area contributed by atoms with Gasteiger partial charge >= 0.3 is 0 Å². The molecule has 0 amide bonds. The quantitative estimate of drug-likeness (QED) is 0.160. The Morgan fingerprint density at radius 3 is 1.69 bits per heavy atom. The SMILES string of the molecule is C1=CC2c3c(ccc4c5ccccc5n(-c5ccccc5)c34)N(c3cc(-c4cccc(-n5c6c(c7c5ccc5c8ccccc8n(-c8ccccc8)c57)C=CCC6)n4)cc(-n4c5ccccc5c5c6c(ccc54)C4C=CC=CC4N6c4ccccc4)c3)C2C=C1. The summed E-state index contributed by atoms with van der Waals surface area (Å²) >= 11 is 0. The first kappa shape index (κ1) is 49.7. The second-order valence-corrected chi connectivity index (χ2v) is 24.8. The molecule has 5 aliphatic rings. The van der Waals surface area contributed by atoms with Crippen molar-refractivity contribution >= 4 is 105 Å². The number of anilines is 4. The molecule has 20 rings (SSSR count). The molecule has 10 aromatic carbocycles. The Hall–Kier alpha value is -11.4. The van der Waals surface area contributed by atoms with E-state index in [4.69, 9.17) is 4.98 Å². The number of hydrogen-bond donors (Lipinski definition) is 0. The van der Waals surface area contributed by atoms with Crippen LogP contribution in [0.4, 0.5) is 22.7 Å². The van der Waals surface area contributed by atoms with E-state index < -0.39 is 0 Å². The van der Waals surface area contributed by atoms with E-state index in [-0.39, 0.29) is 23.9 Å². The van der Waals surface area contributed by atoms with Crippen LogP contribution in [0.15, 0.2) is 291 Å². The fraction of sp³-hybridized carbons (Fsp3) is 0.0723. The molecule has 7 heteroatoms.